The zero-order valence-electron chi connectivity index (χ0n) is 27.7. The molecule has 1 aliphatic heterocycles. The SMILES string of the molecule is O=C(NC(c1cc2ccccc2s1)C(F)(F)F)c1cc(-c2cnn3cc(-c4ccc(OCC[NH+]5CCCCC5)cc4)cnc23)cs1.O=C([O-])C(F)(F)F. The van der Waals surface area contributed by atoms with Crippen molar-refractivity contribution in [2.24, 2.45) is 0 Å². The first-order valence-corrected chi connectivity index (χ1v) is 18.1. The van der Waals surface area contributed by atoms with Crippen LogP contribution in [-0.2, 0) is 4.79 Å². The average molecular weight is 776 g/mol. The Morgan fingerprint density at radius 3 is 2.34 bits per heavy atom. The van der Waals surface area contributed by atoms with Crippen LogP contribution in [0.1, 0.15) is 39.9 Å². The lowest BCUT2D eigenvalue weighted by Crippen LogP contribution is -3.13. The normalized spacial score (nSPS) is 14.5. The number of carbonyl (C=O) groups excluding carboxylic acids is 2. The van der Waals surface area contributed by atoms with Gasteiger partial charge in [-0.25, -0.2) is 9.50 Å². The second kappa shape index (κ2) is 15.9. The number of fused-ring (bicyclic) bond motifs is 2. The summed E-state index contributed by atoms with van der Waals surface area (Å²) >= 11 is 2.10. The maximum atomic E-state index is 14.1. The molecule has 2 N–H and O–H groups in total. The molecule has 1 aliphatic rings. The molecule has 6 aromatic rings. The largest absolute Gasteiger partial charge is 0.542 e. The molecular weight excluding hydrogens is 745 g/mol. The van der Waals surface area contributed by atoms with E-state index in [2.05, 4.69) is 15.4 Å². The van der Waals surface area contributed by atoms with E-state index in [0.717, 1.165) is 50.8 Å². The summed E-state index contributed by atoms with van der Waals surface area (Å²) in [4.78, 5) is 28.3. The van der Waals surface area contributed by atoms with Crippen LogP contribution >= 0.6 is 22.7 Å². The van der Waals surface area contributed by atoms with Gasteiger partial charge in [0.05, 0.1) is 24.2 Å². The number of carboxylic acid groups (broad SMARTS) is 1. The van der Waals surface area contributed by atoms with Gasteiger partial charge >= 0.3 is 12.4 Å². The molecule has 0 bridgehead atoms. The summed E-state index contributed by atoms with van der Waals surface area (Å²) < 4.78 is 82.1. The Morgan fingerprint density at radius 2 is 1.66 bits per heavy atom. The van der Waals surface area contributed by atoms with Crippen molar-refractivity contribution >= 4 is 50.3 Å². The van der Waals surface area contributed by atoms with Crippen molar-refractivity contribution in [1.82, 2.24) is 19.9 Å². The highest BCUT2D eigenvalue weighted by atomic mass is 32.1. The van der Waals surface area contributed by atoms with Crippen LogP contribution in [0.15, 0.2) is 84.6 Å². The lowest BCUT2D eigenvalue weighted by Gasteiger charge is -2.23. The first-order chi connectivity index (χ1) is 25.3. The third-order valence-electron chi connectivity index (χ3n) is 8.53. The van der Waals surface area contributed by atoms with Crippen LogP contribution in [0, 0.1) is 0 Å². The van der Waals surface area contributed by atoms with Crippen LogP contribution in [0.25, 0.3) is 38.0 Å². The quantitative estimate of drug-likeness (QED) is 0.171. The number of nitrogens with one attached hydrogen (secondary N) is 2. The van der Waals surface area contributed by atoms with Gasteiger partial charge < -0.3 is 24.9 Å². The predicted molar refractivity (Wildman–Crippen MR) is 186 cm³/mol. The standard InChI is InChI=1S/C34H30F3N5O2S2.C2HF3O2/c35-34(36,37)31(29-16-23-6-2-3-7-28(23)46-29)40-33(43)30-17-24(21-45-30)27-19-39-42-20-25(18-38-32(27)42)22-8-10-26(11-9-22)44-15-14-41-12-4-1-5-13-41;3-2(4,5)1(6)7/h2-3,6-11,16-21,31H,1,4-5,12-15H2,(H,40,43);(H,6,7). The van der Waals surface area contributed by atoms with E-state index in [4.69, 9.17) is 14.6 Å². The highest BCUT2D eigenvalue weighted by molar-refractivity contribution is 7.19. The van der Waals surface area contributed by atoms with Gasteiger partial charge in [-0.05, 0) is 71.5 Å². The van der Waals surface area contributed by atoms with E-state index in [0.29, 0.717) is 28.8 Å². The number of nitrogens with zero attached hydrogens (tertiary/aromatic N) is 3. The van der Waals surface area contributed by atoms with Crippen LogP contribution < -0.4 is 20.1 Å². The smallest absolute Gasteiger partial charge is 0.430 e. The lowest BCUT2D eigenvalue weighted by atomic mass is 10.1. The molecular formula is C36H31F6N5O4S2. The van der Waals surface area contributed by atoms with E-state index < -0.39 is 30.3 Å². The third kappa shape index (κ3) is 9.33. The Labute approximate surface area is 306 Å². The molecule has 7 rings (SSSR count). The highest BCUT2D eigenvalue weighted by Gasteiger charge is 2.43. The van der Waals surface area contributed by atoms with Crippen LogP contribution in [-0.4, -0.2) is 65.1 Å². The number of piperidine rings is 1. The molecule has 0 radical (unpaired) electrons. The third-order valence-corrected chi connectivity index (χ3v) is 10.6. The molecule has 1 unspecified atom stereocenters. The molecule has 1 atom stereocenters. The minimum absolute atomic E-state index is 0.0392. The molecule has 17 heteroatoms. The van der Waals surface area contributed by atoms with Crippen molar-refractivity contribution in [2.45, 2.75) is 37.7 Å². The zero-order chi connectivity index (χ0) is 37.8. The molecule has 53 heavy (non-hydrogen) atoms. The monoisotopic (exact) mass is 775 g/mol. The van der Waals surface area contributed by atoms with Gasteiger partial charge in [-0.3, -0.25) is 4.79 Å². The summed E-state index contributed by atoms with van der Waals surface area (Å²) in [6.07, 6.45) is -0.634. The number of carboxylic acids is 1. The number of hydrogen-bond donors (Lipinski definition) is 2. The van der Waals surface area contributed by atoms with Gasteiger partial charge in [-0.1, -0.05) is 30.3 Å². The number of aliphatic carboxylic acids is 1. The maximum Gasteiger partial charge on any atom is 0.430 e. The molecule has 1 fully saturated rings. The van der Waals surface area contributed by atoms with Crippen LogP contribution in [0.5, 0.6) is 5.75 Å². The van der Waals surface area contributed by atoms with E-state index >= 15 is 0 Å². The first kappa shape index (κ1) is 37.7. The van der Waals surface area contributed by atoms with Crippen molar-refractivity contribution in [3.05, 3.63) is 94.4 Å². The second-order valence-electron chi connectivity index (χ2n) is 12.2. The molecule has 4 aromatic heterocycles. The number of thiophene rings is 2. The van der Waals surface area contributed by atoms with E-state index in [9.17, 15) is 31.1 Å². The Morgan fingerprint density at radius 1 is 0.943 bits per heavy atom. The minimum Gasteiger partial charge on any atom is -0.542 e. The van der Waals surface area contributed by atoms with Crippen molar-refractivity contribution in [3.63, 3.8) is 0 Å². The number of benzene rings is 2. The summed E-state index contributed by atoms with van der Waals surface area (Å²) in [5, 5.41) is 17.9. The van der Waals surface area contributed by atoms with Gasteiger partial charge in [0.1, 0.15) is 24.9 Å². The topological polar surface area (TPSA) is 113 Å². The number of aromatic nitrogens is 3. The Kier molecular flexibility index (Phi) is 11.3. The van der Waals surface area contributed by atoms with Gasteiger partial charge in [0.15, 0.2) is 11.7 Å². The van der Waals surface area contributed by atoms with E-state index in [1.807, 2.05) is 30.5 Å². The van der Waals surface area contributed by atoms with Crippen LogP contribution in [0.4, 0.5) is 26.3 Å². The highest BCUT2D eigenvalue weighted by Crippen LogP contribution is 2.39. The number of hydrogen-bond acceptors (Lipinski definition) is 8. The summed E-state index contributed by atoms with van der Waals surface area (Å²) in [6.45, 7) is 4.16. The number of carbonyl (C=O) groups is 2. The predicted octanol–water partition coefficient (Wildman–Crippen LogP) is 6.12. The summed E-state index contributed by atoms with van der Waals surface area (Å²) in [5.41, 5.74) is 3.75. The van der Waals surface area contributed by atoms with E-state index in [1.165, 1.54) is 38.4 Å². The zero-order valence-corrected chi connectivity index (χ0v) is 29.3. The van der Waals surface area contributed by atoms with Crippen molar-refractivity contribution in [1.29, 1.82) is 0 Å². The number of ether oxygens (including phenoxy) is 1. The summed E-state index contributed by atoms with van der Waals surface area (Å²) in [7, 11) is 0. The van der Waals surface area contributed by atoms with Gasteiger partial charge in [-0.15, -0.1) is 22.7 Å². The second-order valence-corrected chi connectivity index (χ2v) is 14.2. The molecule has 9 nitrogen and oxygen atoms in total. The Hall–Kier alpha value is -5.00. The Bertz CT molecular complexity index is 2160. The van der Waals surface area contributed by atoms with Gasteiger partial charge in [-0.2, -0.15) is 31.4 Å². The molecule has 0 aliphatic carbocycles. The van der Waals surface area contributed by atoms with Crippen LogP contribution in [0.3, 0.4) is 0 Å². The number of likely N-dealkylation sites (tertiary alicyclic amines) is 1. The maximum absolute atomic E-state index is 14.1. The number of amides is 1. The van der Waals surface area contributed by atoms with Gasteiger partial charge in [0, 0.05) is 33.1 Å². The molecule has 0 spiro atoms. The summed E-state index contributed by atoms with van der Waals surface area (Å²) in [5.74, 6) is -2.96. The Balaban J connectivity index is 0.000000626. The lowest BCUT2D eigenvalue weighted by molar-refractivity contribution is -0.904. The molecule has 278 valence electrons. The fourth-order valence-corrected chi connectivity index (χ4v) is 7.80. The van der Waals surface area contributed by atoms with Crippen molar-refractivity contribution < 1.29 is 50.7 Å². The number of quaternary nitrogens is 1. The minimum atomic E-state index is -5.19. The molecule has 1 saturated heterocycles. The van der Waals surface area contributed by atoms with Crippen molar-refractivity contribution in [2.75, 3.05) is 26.2 Å². The average Bonchev–Trinajstić information content (AvgIpc) is 3.89. The molecule has 2 aromatic carbocycles. The summed E-state index contributed by atoms with van der Waals surface area (Å²) in [6, 6.07) is 15.9. The van der Waals surface area contributed by atoms with Crippen LogP contribution in [0.2, 0.25) is 0 Å². The molecule has 0 saturated carbocycles. The molecule has 5 heterocycles. The fraction of sp³-hybridized carbons (Fsp3) is 0.278. The first-order valence-electron chi connectivity index (χ1n) is 16.4. The van der Waals surface area contributed by atoms with Gasteiger partial charge in [0.2, 0.25) is 0 Å². The van der Waals surface area contributed by atoms with E-state index in [-0.39, 0.29) is 9.75 Å². The number of halogens is 6. The molecule has 1 amide bonds. The van der Waals surface area contributed by atoms with Crippen molar-refractivity contribution in [3.8, 4) is 28.0 Å². The number of alkyl halides is 6. The van der Waals surface area contributed by atoms with E-state index in [1.54, 1.807) is 57.5 Å². The fourth-order valence-electron chi connectivity index (χ4n) is 5.84. The number of rotatable bonds is 9. The van der Waals surface area contributed by atoms with Gasteiger partial charge in [0.25, 0.3) is 5.91 Å².